The van der Waals surface area contributed by atoms with E-state index in [-0.39, 0.29) is 101 Å². The van der Waals surface area contributed by atoms with Crippen LogP contribution in [0.25, 0.3) is 0 Å². The van der Waals surface area contributed by atoms with Crippen molar-refractivity contribution in [3.8, 4) is 0 Å². The Morgan fingerprint density at radius 3 is 1.26 bits per heavy atom. The molecule has 616 valence electrons. The standard InChI is InChI=1S/C64H109N25O19S2/c1-6-31(3)48(60(107)78-26-45(93)79-33(5)51(98)86-42(29-109)50(66)97)88-55(102)37(18-13-21-75-64(71)72)81-56(103)39(23-47(95)96)83-61(108)49(32(4)7-2)89-54(101)36(17-12-20-74-63(69)70)80-46(94)25-76-44(92)24-77-53(100)38(22-34-14-9-8-10-15-34)82-59(106)43(30-110)87-58(105)41(28-91)85-57(104)40(27-90)84-52(99)35(65)16-11-19-73-62(67)68/h8-10,14-15,31-33,35-43,48-49,90-91,109-110H,6-7,11-13,16-30,65H2,1-5H3,(H2,66,97)(H,76,92)(H,77,100)(H,78,107)(H,79,93)(H,80,94)(H,81,103)(H,82,106)(H,83,108)(H,84,99)(H,85,104)(H,86,98)(H,87,105)(H,88,102)(H,89,101)(H,95,96)(H4,67,68,73)(H4,69,70,74)(H4,71,72,75)/t31-,32-,33-,35-,36-,37-,38-,39-,40-,41-,42-,43-,48-,49-/m0/s1. The lowest BCUT2D eigenvalue weighted by Gasteiger charge is -2.29. The van der Waals surface area contributed by atoms with Crippen molar-refractivity contribution in [1.29, 1.82) is 0 Å². The van der Waals surface area contributed by atoms with Crippen LogP contribution in [0.15, 0.2) is 45.3 Å². The Morgan fingerprint density at radius 2 is 0.791 bits per heavy atom. The Balaban J connectivity index is 3.38. The zero-order valence-corrected chi connectivity index (χ0v) is 63.6. The molecule has 0 aromatic heterocycles. The van der Waals surface area contributed by atoms with Gasteiger partial charge in [-0.3, -0.25) is 91.7 Å². The van der Waals surface area contributed by atoms with Crippen LogP contribution in [0, 0.1) is 11.8 Å². The van der Waals surface area contributed by atoms with Crippen LogP contribution in [0.2, 0.25) is 0 Å². The number of amides is 15. The number of primary amides is 1. The minimum Gasteiger partial charge on any atom is -0.481 e. The number of carboxylic acids is 1. The van der Waals surface area contributed by atoms with E-state index in [0.29, 0.717) is 5.56 Å². The second-order valence-electron chi connectivity index (χ2n) is 25.2. The molecule has 1 rings (SSSR count). The van der Waals surface area contributed by atoms with Gasteiger partial charge in [-0.1, -0.05) is 70.9 Å². The van der Waals surface area contributed by atoms with Crippen molar-refractivity contribution in [1.82, 2.24) is 74.4 Å². The normalized spacial score (nSPS) is 14.6. The summed E-state index contributed by atoms with van der Waals surface area (Å²) >= 11 is 8.12. The summed E-state index contributed by atoms with van der Waals surface area (Å²) in [5.41, 5.74) is 44.2. The fourth-order valence-electron chi connectivity index (χ4n) is 9.68. The average Bonchev–Trinajstić information content (AvgIpc) is 0.854. The first-order valence-corrected chi connectivity index (χ1v) is 36.2. The molecule has 15 amide bonds. The number of aliphatic imine (C=N–C) groups is 3. The molecular weight excluding hydrogens is 1490 g/mol. The lowest BCUT2D eigenvalue weighted by atomic mass is 9.96. The second-order valence-corrected chi connectivity index (χ2v) is 25.9. The van der Waals surface area contributed by atoms with Crippen molar-refractivity contribution in [2.24, 2.45) is 72.7 Å². The predicted octanol–water partition coefficient (Wildman–Crippen LogP) is -11.7. The third kappa shape index (κ3) is 38.3. The maximum atomic E-state index is 14.4. The van der Waals surface area contributed by atoms with E-state index in [4.69, 9.17) is 45.9 Å². The van der Waals surface area contributed by atoms with Crippen molar-refractivity contribution in [3.63, 3.8) is 0 Å². The Labute approximate surface area is 645 Å². The van der Waals surface area contributed by atoms with Gasteiger partial charge in [0.05, 0.1) is 45.3 Å². The fourth-order valence-corrected chi connectivity index (χ4v) is 10.2. The van der Waals surface area contributed by atoms with Gasteiger partial charge in [0.2, 0.25) is 88.6 Å². The molecule has 0 unspecified atom stereocenters. The summed E-state index contributed by atoms with van der Waals surface area (Å²) < 4.78 is 0. The van der Waals surface area contributed by atoms with Crippen molar-refractivity contribution >= 4 is 138 Å². The molecule has 0 radical (unpaired) electrons. The van der Waals surface area contributed by atoms with Crippen LogP contribution in [0.1, 0.15) is 98.0 Å². The van der Waals surface area contributed by atoms with Crippen LogP contribution in [0.5, 0.6) is 0 Å². The van der Waals surface area contributed by atoms with Crippen molar-refractivity contribution in [3.05, 3.63) is 35.9 Å². The highest BCUT2D eigenvalue weighted by Gasteiger charge is 2.38. The Bertz CT molecular complexity index is 3370. The Hall–Kier alpha value is -10.9. The Kier molecular flexibility index (Phi) is 46.1. The molecule has 0 saturated carbocycles. The topological polar surface area (TPSA) is 747 Å². The minimum absolute atomic E-state index is 0.00116. The predicted molar refractivity (Wildman–Crippen MR) is 406 cm³/mol. The fraction of sp³-hybridized carbons (Fsp3) is 0.609. The molecule has 0 bridgehead atoms. The number of benzene rings is 1. The lowest BCUT2D eigenvalue weighted by Crippen LogP contribution is -2.61. The van der Waals surface area contributed by atoms with Crippen LogP contribution >= 0.6 is 25.3 Å². The minimum atomic E-state index is -1.96. The zero-order valence-electron chi connectivity index (χ0n) is 61.8. The number of aliphatic hydroxyl groups is 2. The van der Waals surface area contributed by atoms with Crippen molar-refractivity contribution < 1.29 is 92.0 Å². The Morgan fingerprint density at radius 1 is 0.409 bits per heavy atom. The van der Waals surface area contributed by atoms with E-state index in [1.54, 1.807) is 51.1 Å². The van der Waals surface area contributed by atoms with Crippen LogP contribution < -0.4 is 120 Å². The number of hydrogen-bond donors (Lipinski definition) is 27. The summed E-state index contributed by atoms with van der Waals surface area (Å²) in [6.07, 6.45) is -0.918. The van der Waals surface area contributed by atoms with Gasteiger partial charge in [0.15, 0.2) is 17.9 Å². The number of nitrogens with zero attached hydrogens (tertiary/aromatic N) is 3. The van der Waals surface area contributed by atoms with Crippen molar-refractivity contribution in [2.45, 2.75) is 171 Å². The second kappa shape index (κ2) is 52.2. The molecule has 0 heterocycles. The highest BCUT2D eigenvalue weighted by atomic mass is 32.1. The number of nitrogens with one attached hydrogen (secondary N) is 14. The zero-order chi connectivity index (χ0) is 83.3. The van der Waals surface area contributed by atoms with Gasteiger partial charge in [-0.05, 0) is 62.8 Å². The average molecular weight is 1600 g/mol. The van der Waals surface area contributed by atoms with Crippen LogP contribution in [0.3, 0.4) is 0 Å². The summed E-state index contributed by atoms with van der Waals surface area (Å²) in [5.74, 6) is -19.1. The number of hydrogen-bond acceptors (Lipinski definition) is 24. The number of thiol groups is 2. The first-order chi connectivity index (χ1) is 51.9. The smallest absolute Gasteiger partial charge is 0.305 e. The van der Waals surface area contributed by atoms with Gasteiger partial charge in [0.1, 0.15) is 66.5 Å². The number of nitrogens with two attached hydrogens (primary N) is 8. The summed E-state index contributed by atoms with van der Waals surface area (Å²) in [7, 11) is 0. The largest absolute Gasteiger partial charge is 0.481 e. The van der Waals surface area contributed by atoms with E-state index >= 15 is 0 Å². The monoisotopic (exact) mass is 1600 g/mol. The summed E-state index contributed by atoms with van der Waals surface area (Å²) in [6, 6.07) is -9.78. The lowest BCUT2D eigenvalue weighted by molar-refractivity contribution is -0.142. The molecule has 14 atom stereocenters. The van der Waals surface area contributed by atoms with Gasteiger partial charge < -0.3 is 136 Å². The third-order valence-electron chi connectivity index (χ3n) is 16.3. The number of aliphatic carboxylic acids is 1. The van der Waals surface area contributed by atoms with E-state index in [0.717, 1.165) is 0 Å². The summed E-state index contributed by atoms with van der Waals surface area (Å²) in [4.78, 5) is 225. The first kappa shape index (κ1) is 97.1. The highest BCUT2D eigenvalue weighted by molar-refractivity contribution is 7.80. The SMILES string of the molecule is CC[C@H](C)[C@H](NC(=O)[C@H](CCCN=C(N)N)NC(=O)[C@H](CC(=O)O)NC(=O)[C@@H](NC(=O)[C@H](CCCN=C(N)N)NC(=O)CNC(=O)CNC(=O)[C@H](Cc1ccccc1)NC(=O)[C@H](CS)NC(=O)[C@H](CO)NC(=O)[C@H](CO)NC(=O)[C@@H](N)CCCN=C(N)N)[C@@H](C)CC)C(=O)NCC(=O)N[C@@H](C)C(=O)N[C@@H](CS)C(N)=O. The van der Waals surface area contributed by atoms with Crippen LogP contribution in [-0.4, -0.2) is 264 Å². The molecule has 0 saturated heterocycles. The van der Waals surface area contributed by atoms with Crippen molar-refractivity contribution in [2.75, 3.05) is 64.0 Å². The van der Waals surface area contributed by atoms with Gasteiger partial charge >= 0.3 is 5.97 Å². The third-order valence-corrected chi connectivity index (χ3v) is 17.1. The quantitative estimate of drug-likeness (QED) is 0.0125. The molecule has 0 spiro atoms. The molecule has 0 aliphatic rings. The summed E-state index contributed by atoms with van der Waals surface area (Å²) in [5, 5.41) is 63.2. The van der Waals surface area contributed by atoms with E-state index in [1.807, 2.05) is 0 Å². The molecule has 0 fully saturated rings. The molecular formula is C64H109N25O19S2. The molecule has 1 aromatic carbocycles. The van der Waals surface area contributed by atoms with Gasteiger partial charge in [-0.2, -0.15) is 25.3 Å². The molecule has 46 heteroatoms. The van der Waals surface area contributed by atoms with E-state index in [9.17, 15) is 92.0 Å². The van der Waals surface area contributed by atoms with E-state index in [1.165, 1.54) is 13.8 Å². The number of carboxylic acid groups (broad SMARTS) is 1. The molecule has 0 aliphatic heterocycles. The van der Waals surface area contributed by atoms with E-state index < -0.39 is 224 Å². The highest BCUT2D eigenvalue weighted by Crippen LogP contribution is 2.14. The number of rotatable bonds is 53. The van der Waals surface area contributed by atoms with Gasteiger partial charge in [0, 0.05) is 37.6 Å². The molecule has 44 nitrogen and oxygen atoms in total. The van der Waals surface area contributed by atoms with E-state index in [2.05, 4.69) is 115 Å². The molecule has 0 aliphatic carbocycles. The number of carbonyl (C=O) groups excluding carboxylic acids is 15. The van der Waals surface area contributed by atoms with Crippen LogP contribution in [0.4, 0.5) is 0 Å². The molecule has 110 heavy (non-hydrogen) atoms. The maximum absolute atomic E-state index is 14.4. The van der Waals surface area contributed by atoms with Gasteiger partial charge in [0.25, 0.3) is 0 Å². The molecule has 33 N–H and O–H groups in total. The first-order valence-electron chi connectivity index (χ1n) is 34.9. The van der Waals surface area contributed by atoms with Crippen LogP contribution in [-0.2, 0) is 83.1 Å². The summed E-state index contributed by atoms with van der Waals surface area (Å²) in [6.45, 7) is 3.38. The van der Waals surface area contributed by atoms with Gasteiger partial charge in [-0.15, -0.1) is 0 Å². The number of aliphatic hydroxyl groups excluding tert-OH is 2. The number of carbonyl (C=O) groups is 16. The number of guanidine groups is 3. The maximum Gasteiger partial charge on any atom is 0.305 e. The van der Waals surface area contributed by atoms with Gasteiger partial charge in [-0.25, -0.2) is 0 Å². The molecule has 1 aromatic rings.